The Labute approximate surface area is 95.0 Å². The minimum absolute atomic E-state index is 0.145. The summed E-state index contributed by atoms with van der Waals surface area (Å²) in [4.78, 5) is 7.91. The molecule has 0 fully saturated rings. The molecule has 0 aliphatic heterocycles. The first-order valence-corrected chi connectivity index (χ1v) is 5.30. The molecule has 0 aliphatic rings. The first-order valence-electron chi connectivity index (χ1n) is 5.30. The highest BCUT2D eigenvalue weighted by molar-refractivity contribution is 5.20. The van der Waals surface area contributed by atoms with Gasteiger partial charge in [-0.15, -0.1) is 0 Å². The Morgan fingerprint density at radius 3 is 2.50 bits per heavy atom. The number of hydrogen-bond acceptors (Lipinski definition) is 4. The van der Waals surface area contributed by atoms with Crippen molar-refractivity contribution in [2.75, 3.05) is 13.7 Å². The van der Waals surface area contributed by atoms with Gasteiger partial charge < -0.3 is 10.5 Å². The van der Waals surface area contributed by atoms with E-state index in [9.17, 15) is 4.39 Å². The third kappa shape index (κ3) is 2.66. The summed E-state index contributed by atoms with van der Waals surface area (Å²) in [5, 5.41) is 0. The molecule has 0 amide bonds. The second-order valence-electron chi connectivity index (χ2n) is 4.00. The molecule has 16 heavy (non-hydrogen) atoms. The summed E-state index contributed by atoms with van der Waals surface area (Å²) in [6.07, 6.45) is 1.69. The fraction of sp³-hybridized carbons (Fsp3) is 0.636. The van der Waals surface area contributed by atoms with E-state index in [0.717, 1.165) is 0 Å². The Kier molecular flexibility index (Phi) is 4.61. The highest BCUT2D eigenvalue weighted by Gasteiger charge is 2.28. The molecule has 4 nitrogen and oxygen atoms in total. The summed E-state index contributed by atoms with van der Waals surface area (Å²) >= 11 is 0. The van der Waals surface area contributed by atoms with Gasteiger partial charge in [-0.05, 0) is 12.5 Å². The molecular weight excluding hydrogens is 209 g/mol. The molecule has 0 radical (unpaired) electrons. The van der Waals surface area contributed by atoms with Crippen LogP contribution in [0.5, 0.6) is 5.88 Å². The van der Waals surface area contributed by atoms with Crippen LogP contribution in [0.2, 0.25) is 0 Å². The topological polar surface area (TPSA) is 61.0 Å². The molecule has 2 atom stereocenters. The van der Waals surface area contributed by atoms with E-state index in [0.29, 0.717) is 0 Å². The lowest BCUT2D eigenvalue weighted by atomic mass is 9.89. The van der Waals surface area contributed by atoms with Gasteiger partial charge in [0.2, 0.25) is 5.88 Å². The van der Waals surface area contributed by atoms with Crippen molar-refractivity contribution in [3.63, 3.8) is 0 Å². The van der Waals surface area contributed by atoms with Crippen molar-refractivity contribution in [1.82, 2.24) is 9.97 Å². The van der Waals surface area contributed by atoms with E-state index in [1.807, 2.05) is 13.8 Å². The second kappa shape index (κ2) is 5.75. The van der Waals surface area contributed by atoms with E-state index < -0.39 is 6.17 Å². The zero-order valence-corrected chi connectivity index (χ0v) is 9.85. The summed E-state index contributed by atoms with van der Waals surface area (Å²) < 4.78 is 19.2. The van der Waals surface area contributed by atoms with Gasteiger partial charge >= 0.3 is 0 Å². The van der Waals surface area contributed by atoms with Crippen LogP contribution in [0.1, 0.15) is 25.7 Å². The van der Waals surface area contributed by atoms with E-state index in [2.05, 4.69) is 9.97 Å². The molecule has 1 rings (SSSR count). The van der Waals surface area contributed by atoms with E-state index >= 15 is 0 Å². The van der Waals surface area contributed by atoms with Crippen molar-refractivity contribution in [2.24, 2.45) is 17.6 Å². The van der Waals surface area contributed by atoms with Crippen LogP contribution in [0.3, 0.4) is 0 Å². The summed E-state index contributed by atoms with van der Waals surface area (Å²) in [6.45, 7) is 4.15. The zero-order valence-electron chi connectivity index (χ0n) is 9.85. The Morgan fingerprint density at radius 2 is 2.00 bits per heavy atom. The smallest absolute Gasteiger partial charge is 0.238 e. The first-order chi connectivity index (χ1) is 7.61. The maximum atomic E-state index is 14.2. The molecule has 0 spiro atoms. The molecular formula is C11H18FN3O. The van der Waals surface area contributed by atoms with Crippen LogP contribution in [0.15, 0.2) is 12.4 Å². The number of hydrogen-bond donors (Lipinski definition) is 1. The van der Waals surface area contributed by atoms with Gasteiger partial charge in [-0.2, -0.15) is 0 Å². The highest BCUT2D eigenvalue weighted by atomic mass is 19.1. The van der Waals surface area contributed by atoms with Crippen molar-refractivity contribution >= 4 is 0 Å². The Balaban J connectivity index is 2.98. The summed E-state index contributed by atoms with van der Waals surface area (Å²) in [5.74, 6) is 0.103. The molecule has 5 heteroatoms. The van der Waals surface area contributed by atoms with Gasteiger partial charge in [-0.3, -0.25) is 4.98 Å². The normalized spacial score (nSPS) is 14.9. The molecule has 0 bridgehead atoms. The standard InChI is InChI=1S/C11H18FN3O/c1-7(2)8(6-13)9(12)10-11(16-3)15-5-4-14-10/h4-5,7-9H,6,13H2,1-3H3. The van der Waals surface area contributed by atoms with Crippen molar-refractivity contribution in [1.29, 1.82) is 0 Å². The highest BCUT2D eigenvalue weighted by Crippen LogP contribution is 2.33. The molecule has 0 saturated carbocycles. The number of nitrogens with two attached hydrogens (primary N) is 1. The lowest BCUT2D eigenvalue weighted by Gasteiger charge is -2.23. The van der Waals surface area contributed by atoms with Gasteiger partial charge in [0.15, 0.2) is 6.17 Å². The van der Waals surface area contributed by atoms with Crippen LogP contribution in [0.25, 0.3) is 0 Å². The molecule has 0 aliphatic carbocycles. The summed E-state index contributed by atoms with van der Waals surface area (Å²) in [5.41, 5.74) is 5.81. The Morgan fingerprint density at radius 1 is 1.38 bits per heavy atom. The zero-order chi connectivity index (χ0) is 12.1. The SMILES string of the molecule is COc1nccnc1C(F)C(CN)C(C)C. The van der Waals surface area contributed by atoms with Gasteiger partial charge in [0.1, 0.15) is 5.69 Å². The minimum Gasteiger partial charge on any atom is -0.480 e. The predicted octanol–water partition coefficient (Wildman–Crippen LogP) is 1.73. The lowest BCUT2D eigenvalue weighted by molar-refractivity contribution is 0.178. The maximum absolute atomic E-state index is 14.2. The number of rotatable bonds is 5. The van der Waals surface area contributed by atoms with E-state index in [-0.39, 0.29) is 30.0 Å². The quantitative estimate of drug-likeness (QED) is 0.832. The van der Waals surface area contributed by atoms with Gasteiger partial charge in [0.05, 0.1) is 7.11 Å². The maximum Gasteiger partial charge on any atom is 0.238 e. The summed E-state index contributed by atoms with van der Waals surface area (Å²) in [7, 11) is 1.45. The van der Waals surface area contributed by atoms with Crippen molar-refractivity contribution < 1.29 is 9.13 Å². The molecule has 0 saturated heterocycles. The molecule has 90 valence electrons. The Bertz CT molecular complexity index is 333. The molecule has 1 heterocycles. The largest absolute Gasteiger partial charge is 0.480 e. The molecule has 1 aromatic rings. The molecule has 0 aromatic carbocycles. The number of alkyl halides is 1. The van der Waals surface area contributed by atoms with Gasteiger partial charge in [-0.1, -0.05) is 13.8 Å². The number of halogens is 1. The number of nitrogens with zero attached hydrogens (tertiary/aromatic N) is 2. The van der Waals surface area contributed by atoms with Crippen LogP contribution in [0, 0.1) is 11.8 Å². The fourth-order valence-corrected chi connectivity index (χ4v) is 1.61. The third-order valence-electron chi connectivity index (χ3n) is 2.65. The molecule has 1 aromatic heterocycles. The van der Waals surface area contributed by atoms with E-state index in [1.165, 1.54) is 19.5 Å². The van der Waals surface area contributed by atoms with Crippen molar-refractivity contribution in [3.8, 4) is 5.88 Å². The number of methoxy groups -OCH3 is 1. The van der Waals surface area contributed by atoms with Crippen molar-refractivity contribution in [2.45, 2.75) is 20.0 Å². The number of ether oxygens (including phenoxy) is 1. The first kappa shape index (κ1) is 12.8. The average molecular weight is 227 g/mol. The number of aromatic nitrogens is 2. The van der Waals surface area contributed by atoms with Crippen LogP contribution >= 0.6 is 0 Å². The van der Waals surface area contributed by atoms with Crippen LogP contribution in [-0.4, -0.2) is 23.6 Å². The van der Waals surface area contributed by atoms with Gasteiger partial charge in [-0.25, -0.2) is 9.37 Å². The van der Waals surface area contributed by atoms with Gasteiger partial charge in [0.25, 0.3) is 0 Å². The second-order valence-corrected chi connectivity index (χ2v) is 4.00. The van der Waals surface area contributed by atoms with Gasteiger partial charge in [0, 0.05) is 18.3 Å². The van der Waals surface area contributed by atoms with E-state index in [1.54, 1.807) is 0 Å². The minimum atomic E-state index is -1.24. The van der Waals surface area contributed by atoms with Crippen LogP contribution in [-0.2, 0) is 0 Å². The predicted molar refractivity (Wildman–Crippen MR) is 59.8 cm³/mol. The third-order valence-corrected chi connectivity index (χ3v) is 2.65. The average Bonchev–Trinajstić information content (AvgIpc) is 2.29. The molecule has 2 N–H and O–H groups in total. The Hall–Kier alpha value is -1.23. The summed E-state index contributed by atoms with van der Waals surface area (Å²) in [6, 6.07) is 0. The van der Waals surface area contributed by atoms with Crippen LogP contribution in [0.4, 0.5) is 4.39 Å². The molecule has 2 unspecified atom stereocenters. The monoisotopic (exact) mass is 227 g/mol. The fourth-order valence-electron chi connectivity index (χ4n) is 1.61. The van der Waals surface area contributed by atoms with Crippen molar-refractivity contribution in [3.05, 3.63) is 18.1 Å². The van der Waals surface area contributed by atoms with E-state index in [4.69, 9.17) is 10.5 Å². The van der Waals surface area contributed by atoms with Crippen LogP contribution < -0.4 is 10.5 Å². The lowest BCUT2D eigenvalue weighted by Crippen LogP contribution is -2.25.